The molecule has 0 unspecified atom stereocenters. The summed E-state index contributed by atoms with van der Waals surface area (Å²) in [7, 11) is 0. The predicted molar refractivity (Wildman–Crippen MR) is 128 cm³/mol. The maximum Gasteiger partial charge on any atom is 0.219 e. The second-order valence-corrected chi connectivity index (χ2v) is 8.63. The lowest BCUT2D eigenvalue weighted by Gasteiger charge is -2.33. The van der Waals surface area contributed by atoms with E-state index in [-0.39, 0.29) is 5.91 Å². The van der Waals surface area contributed by atoms with Gasteiger partial charge < -0.3 is 15.0 Å². The number of allylic oxidation sites excluding steroid dienone is 5. The van der Waals surface area contributed by atoms with Gasteiger partial charge in [0.2, 0.25) is 5.91 Å². The molecule has 5 nitrogen and oxygen atoms in total. The Bertz CT molecular complexity index is 553. The zero-order chi connectivity index (χ0) is 22.2. The summed E-state index contributed by atoms with van der Waals surface area (Å²) in [5.41, 5.74) is 4.38. The molecule has 0 aromatic rings. The van der Waals surface area contributed by atoms with Crippen LogP contribution >= 0.6 is 0 Å². The lowest BCUT2D eigenvalue weighted by molar-refractivity contribution is -0.130. The highest BCUT2D eigenvalue weighted by Crippen LogP contribution is 2.12. The molecule has 30 heavy (non-hydrogen) atoms. The minimum atomic E-state index is 0.202. The molecule has 2 heterocycles. The maximum absolute atomic E-state index is 11.3. The predicted octanol–water partition coefficient (Wildman–Crippen LogP) is 4.18. The first kappa shape index (κ1) is 26.6. The molecular weight excluding hydrogens is 374 g/mol. The van der Waals surface area contributed by atoms with Gasteiger partial charge in [0.1, 0.15) is 0 Å². The van der Waals surface area contributed by atoms with Crippen molar-refractivity contribution < 1.29 is 9.53 Å². The first-order valence-corrected chi connectivity index (χ1v) is 11.6. The van der Waals surface area contributed by atoms with Gasteiger partial charge in [-0.15, -0.1) is 0 Å². The van der Waals surface area contributed by atoms with Crippen LogP contribution in [0.5, 0.6) is 0 Å². The Morgan fingerprint density at radius 3 is 1.87 bits per heavy atom. The fourth-order valence-electron chi connectivity index (χ4n) is 3.38. The van der Waals surface area contributed by atoms with E-state index in [9.17, 15) is 4.79 Å². The molecule has 2 aliphatic heterocycles. The molecule has 5 heteroatoms. The van der Waals surface area contributed by atoms with E-state index in [4.69, 9.17) is 4.74 Å². The summed E-state index contributed by atoms with van der Waals surface area (Å²) in [6.07, 6.45) is 11.7. The van der Waals surface area contributed by atoms with Gasteiger partial charge in [-0.3, -0.25) is 9.69 Å². The highest BCUT2D eigenvalue weighted by molar-refractivity contribution is 5.73. The van der Waals surface area contributed by atoms with Crippen molar-refractivity contribution >= 4 is 5.91 Å². The monoisotopic (exact) mass is 419 g/mol. The van der Waals surface area contributed by atoms with E-state index in [0.717, 1.165) is 78.3 Å². The summed E-state index contributed by atoms with van der Waals surface area (Å²) in [6.45, 7) is 19.0. The number of rotatable bonds is 8. The van der Waals surface area contributed by atoms with Crippen LogP contribution in [0, 0.1) is 0 Å². The zero-order valence-electron chi connectivity index (χ0n) is 20.1. The SMILES string of the molecule is C1COCCN1.CC(=O)N1CCN(CC=C(C)CCC=C(C)CCC=C(C)C)CC1. The van der Waals surface area contributed by atoms with Crippen molar-refractivity contribution in [3.05, 3.63) is 34.9 Å². The molecular formula is C25H45N3O2. The average Bonchev–Trinajstić information content (AvgIpc) is 2.74. The smallest absolute Gasteiger partial charge is 0.219 e. The molecule has 2 aliphatic rings. The second kappa shape index (κ2) is 16.3. The van der Waals surface area contributed by atoms with E-state index in [1.54, 1.807) is 6.92 Å². The lowest BCUT2D eigenvalue weighted by atomic mass is 10.1. The van der Waals surface area contributed by atoms with Crippen LogP contribution < -0.4 is 5.32 Å². The van der Waals surface area contributed by atoms with E-state index in [0.29, 0.717) is 0 Å². The molecule has 0 saturated carbocycles. The molecule has 0 aromatic heterocycles. The van der Waals surface area contributed by atoms with E-state index >= 15 is 0 Å². The Kier molecular flexibility index (Phi) is 14.4. The molecule has 2 saturated heterocycles. The van der Waals surface area contributed by atoms with E-state index in [1.165, 1.54) is 23.1 Å². The quantitative estimate of drug-likeness (QED) is 0.600. The second-order valence-electron chi connectivity index (χ2n) is 8.63. The molecule has 0 aliphatic carbocycles. The van der Waals surface area contributed by atoms with Gasteiger partial charge in [-0.25, -0.2) is 0 Å². The van der Waals surface area contributed by atoms with Crippen LogP contribution in [0.1, 0.15) is 60.3 Å². The number of piperazine rings is 1. The standard InChI is InChI=1S/C21H36N2O.C4H9NO/c1-18(2)8-6-9-19(3)10-7-11-20(4)12-13-22-14-16-23(17-15-22)21(5)24;1-3-6-4-2-5-1/h8,10,12H,6-7,9,11,13-17H2,1-5H3;5H,1-4H2. The van der Waals surface area contributed by atoms with Crippen LogP contribution in [0.25, 0.3) is 0 Å². The van der Waals surface area contributed by atoms with Crippen molar-refractivity contribution in [1.82, 2.24) is 15.1 Å². The molecule has 0 bridgehead atoms. The van der Waals surface area contributed by atoms with Gasteiger partial charge in [-0.2, -0.15) is 0 Å². The highest BCUT2D eigenvalue weighted by atomic mass is 16.5. The summed E-state index contributed by atoms with van der Waals surface area (Å²) in [4.78, 5) is 15.7. The summed E-state index contributed by atoms with van der Waals surface area (Å²) < 4.78 is 5.01. The highest BCUT2D eigenvalue weighted by Gasteiger charge is 2.17. The van der Waals surface area contributed by atoms with Crippen LogP contribution in [0.15, 0.2) is 34.9 Å². The van der Waals surface area contributed by atoms with Gasteiger partial charge in [-0.1, -0.05) is 34.9 Å². The van der Waals surface area contributed by atoms with E-state index in [2.05, 4.69) is 56.1 Å². The zero-order valence-corrected chi connectivity index (χ0v) is 20.1. The van der Waals surface area contributed by atoms with Crippen molar-refractivity contribution in [2.75, 3.05) is 59.0 Å². The largest absolute Gasteiger partial charge is 0.379 e. The number of carbonyl (C=O) groups excluding carboxylic acids is 1. The van der Waals surface area contributed by atoms with Gasteiger partial charge in [0.15, 0.2) is 0 Å². The Morgan fingerprint density at radius 2 is 1.40 bits per heavy atom. The molecule has 0 atom stereocenters. The normalized spacial score (nSPS) is 18.5. The molecule has 172 valence electrons. The third kappa shape index (κ3) is 13.7. The van der Waals surface area contributed by atoms with Gasteiger partial charge in [-0.05, 0) is 53.4 Å². The van der Waals surface area contributed by atoms with E-state index in [1.807, 2.05) is 4.90 Å². The van der Waals surface area contributed by atoms with Crippen molar-refractivity contribution in [3.63, 3.8) is 0 Å². The van der Waals surface area contributed by atoms with Gasteiger partial charge in [0.25, 0.3) is 0 Å². The summed E-state index contributed by atoms with van der Waals surface area (Å²) in [6, 6.07) is 0. The third-order valence-electron chi connectivity index (χ3n) is 5.48. The number of amides is 1. The van der Waals surface area contributed by atoms with Crippen molar-refractivity contribution in [1.29, 1.82) is 0 Å². The molecule has 0 spiro atoms. The Labute approximate surface area is 185 Å². The summed E-state index contributed by atoms with van der Waals surface area (Å²) in [5.74, 6) is 0.202. The minimum absolute atomic E-state index is 0.202. The average molecular weight is 420 g/mol. The first-order valence-electron chi connectivity index (χ1n) is 11.6. The maximum atomic E-state index is 11.3. The molecule has 2 fully saturated rings. The third-order valence-corrected chi connectivity index (χ3v) is 5.48. The van der Waals surface area contributed by atoms with Gasteiger partial charge >= 0.3 is 0 Å². The van der Waals surface area contributed by atoms with Crippen LogP contribution in [0.2, 0.25) is 0 Å². The van der Waals surface area contributed by atoms with Crippen LogP contribution in [0.4, 0.5) is 0 Å². The molecule has 0 radical (unpaired) electrons. The van der Waals surface area contributed by atoms with E-state index < -0.39 is 0 Å². The number of nitrogens with zero attached hydrogens (tertiary/aromatic N) is 2. The lowest BCUT2D eigenvalue weighted by Crippen LogP contribution is -2.47. The van der Waals surface area contributed by atoms with Gasteiger partial charge in [0.05, 0.1) is 13.2 Å². The number of morpholine rings is 1. The summed E-state index contributed by atoms with van der Waals surface area (Å²) >= 11 is 0. The summed E-state index contributed by atoms with van der Waals surface area (Å²) in [5, 5.41) is 3.16. The van der Waals surface area contributed by atoms with Crippen LogP contribution in [0.3, 0.4) is 0 Å². The fraction of sp³-hybridized carbons (Fsp3) is 0.720. The number of hydrogen-bond donors (Lipinski definition) is 1. The number of hydrogen-bond acceptors (Lipinski definition) is 4. The van der Waals surface area contributed by atoms with Crippen LogP contribution in [-0.2, 0) is 9.53 Å². The number of ether oxygens (including phenoxy) is 1. The Morgan fingerprint density at radius 1 is 0.833 bits per heavy atom. The molecule has 1 amide bonds. The van der Waals surface area contributed by atoms with Crippen molar-refractivity contribution in [2.45, 2.75) is 60.3 Å². The molecule has 2 rings (SSSR count). The first-order chi connectivity index (χ1) is 14.4. The number of nitrogens with one attached hydrogen (secondary N) is 1. The Hall–Kier alpha value is -1.43. The fourth-order valence-corrected chi connectivity index (χ4v) is 3.38. The molecule has 1 N–H and O–H groups in total. The Balaban J connectivity index is 0.000000637. The number of carbonyl (C=O) groups is 1. The topological polar surface area (TPSA) is 44.8 Å². The van der Waals surface area contributed by atoms with Crippen LogP contribution in [-0.4, -0.2) is 74.7 Å². The van der Waals surface area contributed by atoms with Crippen molar-refractivity contribution in [3.8, 4) is 0 Å². The van der Waals surface area contributed by atoms with Gasteiger partial charge in [0, 0.05) is 52.7 Å². The molecule has 0 aromatic carbocycles. The minimum Gasteiger partial charge on any atom is -0.379 e. The van der Waals surface area contributed by atoms with Crippen molar-refractivity contribution in [2.24, 2.45) is 0 Å².